The number of anilines is 1. The maximum Gasteiger partial charge on any atom is 0.333 e. The molecule has 1 fully saturated rings. The minimum Gasteiger partial charge on any atom is -0.367 e. The van der Waals surface area contributed by atoms with Crippen LogP contribution in [0.25, 0.3) is 0 Å². The summed E-state index contributed by atoms with van der Waals surface area (Å²) in [5, 5.41) is 12.5. The number of hydrogen-bond acceptors (Lipinski definition) is 8. The molecule has 13 heteroatoms. The predicted molar refractivity (Wildman–Crippen MR) is 125 cm³/mol. The summed E-state index contributed by atoms with van der Waals surface area (Å²) >= 11 is 3.16. The van der Waals surface area contributed by atoms with Crippen LogP contribution in [0.1, 0.15) is 40.9 Å². The Kier molecular flexibility index (Phi) is 7.36. The van der Waals surface area contributed by atoms with Gasteiger partial charge in [-0.25, -0.2) is 19.5 Å². The van der Waals surface area contributed by atoms with Crippen LogP contribution in [0.5, 0.6) is 0 Å². The Hall–Kier alpha value is -2.74. The number of nitrogens with zero attached hydrogens (tertiary/aromatic N) is 4. The monoisotopic (exact) mass is 552 g/mol. The van der Waals surface area contributed by atoms with Crippen LogP contribution in [0.3, 0.4) is 0 Å². The van der Waals surface area contributed by atoms with Crippen molar-refractivity contribution < 1.29 is 21.8 Å². The minimum absolute atomic E-state index is 0.00925. The van der Waals surface area contributed by atoms with E-state index in [4.69, 9.17) is 9.32 Å². The molecule has 2 atom stereocenters. The van der Waals surface area contributed by atoms with E-state index in [-0.39, 0.29) is 41.4 Å². The van der Waals surface area contributed by atoms with Crippen LogP contribution in [0.4, 0.5) is 10.2 Å². The normalized spacial score (nSPS) is 18.2. The third-order valence-electron chi connectivity index (χ3n) is 5.51. The van der Waals surface area contributed by atoms with Crippen molar-refractivity contribution >= 4 is 37.8 Å². The number of benzene rings is 1. The number of hydrogen-bond donors (Lipinski definition) is 2. The van der Waals surface area contributed by atoms with Crippen LogP contribution in [0.15, 0.2) is 47.5 Å². The number of nitrogens with one attached hydrogen (secondary N) is 1. The lowest BCUT2D eigenvalue weighted by Crippen LogP contribution is -2.22. The first-order chi connectivity index (χ1) is 16.2. The molecule has 0 aliphatic heterocycles. The molecule has 0 spiro atoms. The van der Waals surface area contributed by atoms with Gasteiger partial charge in [-0.1, -0.05) is 6.07 Å². The third-order valence-corrected chi connectivity index (χ3v) is 6.58. The second-order valence-electron chi connectivity index (χ2n) is 8.06. The molecule has 1 aliphatic rings. The van der Waals surface area contributed by atoms with Gasteiger partial charge in [0.2, 0.25) is 5.78 Å². The van der Waals surface area contributed by atoms with E-state index in [1.807, 2.05) is 0 Å². The molecule has 3 N–H and O–H groups in total. The molecule has 1 saturated carbocycles. The second-order valence-corrected chi connectivity index (χ2v) is 10.1. The van der Waals surface area contributed by atoms with E-state index in [9.17, 15) is 17.6 Å². The average Bonchev–Trinajstić information content (AvgIpc) is 3.44. The van der Waals surface area contributed by atoms with Gasteiger partial charge in [-0.15, -0.1) is 0 Å². The number of aromatic nitrogens is 4. The molecule has 2 aromatic heterocycles. The van der Waals surface area contributed by atoms with Crippen molar-refractivity contribution in [3.63, 3.8) is 0 Å². The molecular weight excluding hydrogens is 531 g/mol. The first kappa shape index (κ1) is 24.4. The summed E-state index contributed by atoms with van der Waals surface area (Å²) in [5.41, 5.74) is 1.33. The summed E-state index contributed by atoms with van der Waals surface area (Å²) < 4.78 is 42.1. The molecule has 4 rings (SSSR count). The van der Waals surface area contributed by atoms with E-state index in [0.29, 0.717) is 23.3 Å². The molecule has 34 heavy (non-hydrogen) atoms. The predicted octanol–water partition coefficient (Wildman–Crippen LogP) is 2.65. The highest BCUT2D eigenvalue weighted by Gasteiger charge is 2.28. The number of rotatable bonds is 9. The van der Waals surface area contributed by atoms with Crippen LogP contribution >= 0.6 is 15.9 Å². The van der Waals surface area contributed by atoms with Gasteiger partial charge in [0.05, 0.1) is 23.2 Å². The van der Waals surface area contributed by atoms with E-state index in [2.05, 4.69) is 36.3 Å². The molecule has 180 valence electrons. The molecular formula is C21H22BrFN6O4S. The second kappa shape index (κ2) is 10.3. The van der Waals surface area contributed by atoms with Gasteiger partial charge in [-0.2, -0.15) is 13.5 Å². The largest absolute Gasteiger partial charge is 0.367 e. The van der Waals surface area contributed by atoms with Gasteiger partial charge in [-0.3, -0.25) is 13.7 Å². The molecule has 1 aromatic carbocycles. The van der Waals surface area contributed by atoms with Gasteiger partial charge >= 0.3 is 10.3 Å². The van der Waals surface area contributed by atoms with Gasteiger partial charge in [0.15, 0.2) is 0 Å². The Labute approximate surface area is 204 Å². The smallest absolute Gasteiger partial charge is 0.333 e. The lowest BCUT2D eigenvalue weighted by Gasteiger charge is -2.15. The van der Waals surface area contributed by atoms with E-state index < -0.39 is 10.3 Å². The Morgan fingerprint density at radius 1 is 1.32 bits per heavy atom. The van der Waals surface area contributed by atoms with Gasteiger partial charge in [0.25, 0.3) is 0 Å². The van der Waals surface area contributed by atoms with Gasteiger partial charge in [-0.05, 0) is 64.9 Å². The first-order valence-electron chi connectivity index (χ1n) is 10.4. The maximum absolute atomic E-state index is 13.5. The molecule has 0 amide bonds. The van der Waals surface area contributed by atoms with Crippen LogP contribution in [-0.2, 0) is 21.0 Å². The van der Waals surface area contributed by atoms with Crippen molar-refractivity contribution in [1.82, 2.24) is 19.7 Å². The van der Waals surface area contributed by atoms with Crippen molar-refractivity contribution in [2.24, 2.45) is 11.1 Å². The summed E-state index contributed by atoms with van der Waals surface area (Å²) in [6, 6.07) is 6.27. The summed E-state index contributed by atoms with van der Waals surface area (Å²) in [5.74, 6) is -0.280. The highest BCUT2D eigenvalue weighted by Crippen LogP contribution is 2.29. The van der Waals surface area contributed by atoms with Gasteiger partial charge < -0.3 is 5.32 Å². The molecule has 10 nitrogen and oxygen atoms in total. The number of ketones is 1. The van der Waals surface area contributed by atoms with Crippen molar-refractivity contribution in [3.8, 4) is 0 Å². The molecule has 0 bridgehead atoms. The van der Waals surface area contributed by atoms with Gasteiger partial charge in [0.1, 0.15) is 23.7 Å². The Morgan fingerprint density at radius 3 is 2.91 bits per heavy atom. The van der Waals surface area contributed by atoms with E-state index >= 15 is 0 Å². The zero-order chi connectivity index (χ0) is 24.3. The summed E-state index contributed by atoms with van der Waals surface area (Å²) in [7, 11) is -3.97. The standard InChI is InChI=1S/C21H22BrFN6O4S/c22-17-8-13(2-4-18(17)23)10-29-6-5-19(28-29)20(30)16-9-25-12-26-21(16)27-15-3-1-14(7-15)11-33-34(24,31)32/h2,4-6,8-9,12,14-15H,1,3,7,10-11H2,(H2,24,31,32)(H,25,26,27). The lowest BCUT2D eigenvalue weighted by molar-refractivity contribution is 0.103. The third kappa shape index (κ3) is 6.23. The Morgan fingerprint density at radius 2 is 2.15 bits per heavy atom. The fourth-order valence-electron chi connectivity index (χ4n) is 3.89. The summed E-state index contributed by atoms with van der Waals surface area (Å²) in [4.78, 5) is 21.3. The van der Waals surface area contributed by atoms with E-state index in [0.717, 1.165) is 18.4 Å². The number of nitrogens with two attached hydrogens (primary N) is 1. The quantitative estimate of drug-likeness (QED) is 0.385. The van der Waals surface area contributed by atoms with Crippen LogP contribution in [0.2, 0.25) is 0 Å². The Balaban J connectivity index is 1.42. The molecule has 3 aromatic rings. The van der Waals surface area contributed by atoms with Crippen LogP contribution in [-0.4, -0.2) is 46.6 Å². The highest BCUT2D eigenvalue weighted by molar-refractivity contribution is 9.10. The number of halogens is 2. The van der Waals surface area contributed by atoms with Crippen molar-refractivity contribution in [3.05, 3.63) is 70.1 Å². The fraction of sp³-hybridized carbons (Fsp3) is 0.333. The van der Waals surface area contributed by atoms with Crippen LogP contribution in [0, 0.1) is 11.7 Å². The fourth-order valence-corrected chi connectivity index (χ4v) is 4.69. The maximum atomic E-state index is 13.5. The van der Waals surface area contributed by atoms with Crippen molar-refractivity contribution in [1.29, 1.82) is 0 Å². The van der Waals surface area contributed by atoms with E-state index in [1.165, 1.54) is 18.6 Å². The number of carbonyl (C=O) groups is 1. The van der Waals surface area contributed by atoms with Crippen molar-refractivity contribution in [2.45, 2.75) is 31.8 Å². The van der Waals surface area contributed by atoms with E-state index in [1.54, 1.807) is 29.1 Å². The minimum atomic E-state index is -3.97. The summed E-state index contributed by atoms with van der Waals surface area (Å²) in [6.45, 7) is 0.390. The Bertz CT molecular complexity index is 1300. The van der Waals surface area contributed by atoms with Gasteiger partial charge in [0, 0.05) is 18.4 Å². The van der Waals surface area contributed by atoms with Crippen molar-refractivity contribution in [2.75, 3.05) is 11.9 Å². The average molecular weight is 553 g/mol. The molecule has 2 heterocycles. The molecule has 2 unspecified atom stereocenters. The SMILES string of the molecule is NS(=O)(=O)OCC1CCC(Nc2ncncc2C(=O)c2ccn(Cc3ccc(F)c(Br)c3)n2)C1. The zero-order valence-corrected chi connectivity index (χ0v) is 20.3. The number of carbonyl (C=O) groups excluding carboxylic acids is 1. The summed E-state index contributed by atoms with van der Waals surface area (Å²) in [6.07, 6.45) is 6.62. The molecule has 1 aliphatic carbocycles. The lowest BCUT2D eigenvalue weighted by atomic mass is 10.1. The molecule has 0 radical (unpaired) electrons. The molecule has 0 saturated heterocycles. The topological polar surface area (TPSA) is 142 Å². The zero-order valence-electron chi connectivity index (χ0n) is 17.9. The first-order valence-corrected chi connectivity index (χ1v) is 12.7. The van der Waals surface area contributed by atoms with Crippen LogP contribution < -0.4 is 10.5 Å². The highest BCUT2D eigenvalue weighted by atomic mass is 79.9.